The zero-order valence-corrected chi connectivity index (χ0v) is 16.2. The molecule has 4 unspecified atom stereocenters. The van der Waals surface area contributed by atoms with Crippen LogP contribution in [0.4, 0.5) is 0 Å². The van der Waals surface area contributed by atoms with E-state index in [0.717, 1.165) is 0 Å². The van der Waals surface area contributed by atoms with E-state index >= 15 is 0 Å². The Balaban J connectivity index is 2.22. The van der Waals surface area contributed by atoms with Crippen molar-refractivity contribution in [2.75, 3.05) is 20.7 Å². The SMILES string of the molecule is CN(C)N=Cc1c(Cl)n(C2OC(CO)C(O)C2O)c2cc(Cl)c(Cl)cc12. The van der Waals surface area contributed by atoms with Gasteiger partial charge in [0, 0.05) is 25.0 Å². The van der Waals surface area contributed by atoms with Crippen LogP contribution in [0.3, 0.4) is 0 Å². The summed E-state index contributed by atoms with van der Waals surface area (Å²) in [5, 5.41) is 37.1. The number of rotatable bonds is 4. The molecule has 0 aliphatic carbocycles. The van der Waals surface area contributed by atoms with Gasteiger partial charge in [-0.3, -0.25) is 0 Å². The summed E-state index contributed by atoms with van der Waals surface area (Å²) in [5.74, 6) is 0. The van der Waals surface area contributed by atoms with Gasteiger partial charge in [0.15, 0.2) is 6.23 Å². The van der Waals surface area contributed by atoms with Crippen molar-refractivity contribution in [3.8, 4) is 0 Å². The Morgan fingerprint density at radius 1 is 1.19 bits per heavy atom. The summed E-state index contributed by atoms with van der Waals surface area (Å²) < 4.78 is 7.13. The van der Waals surface area contributed by atoms with Crippen LogP contribution in [0.25, 0.3) is 10.9 Å². The van der Waals surface area contributed by atoms with E-state index in [2.05, 4.69) is 5.10 Å². The first-order valence-electron chi connectivity index (χ1n) is 7.78. The van der Waals surface area contributed by atoms with Crippen LogP contribution in [0.1, 0.15) is 11.8 Å². The molecule has 0 amide bonds. The van der Waals surface area contributed by atoms with Gasteiger partial charge in [-0.1, -0.05) is 34.8 Å². The highest BCUT2D eigenvalue weighted by molar-refractivity contribution is 6.43. The van der Waals surface area contributed by atoms with Gasteiger partial charge in [-0.25, -0.2) is 0 Å². The molecular formula is C16H18Cl3N3O4. The Kier molecular flexibility index (Phi) is 5.69. The summed E-state index contributed by atoms with van der Waals surface area (Å²) in [7, 11) is 3.53. The van der Waals surface area contributed by atoms with E-state index in [9.17, 15) is 15.3 Å². The third-order valence-electron chi connectivity index (χ3n) is 4.21. The number of aliphatic hydroxyl groups is 3. The molecular weight excluding hydrogens is 405 g/mol. The van der Waals surface area contributed by atoms with E-state index in [0.29, 0.717) is 26.5 Å². The van der Waals surface area contributed by atoms with Crippen molar-refractivity contribution in [3.05, 3.63) is 32.9 Å². The largest absolute Gasteiger partial charge is 0.394 e. The molecule has 10 heteroatoms. The van der Waals surface area contributed by atoms with Gasteiger partial charge >= 0.3 is 0 Å². The van der Waals surface area contributed by atoms with Crippen molar-refractivity contribution in [2.24, 2.45) is 5.10 Å². The third kappa shape index (κ3) is 3.29. The number of hydrazone groups is 1. The van der Waals surface area contributed by atoms with Gasteiger partial charge < -0.3 is 29.6 Å². The molecule has 2 aromatic rings. The monoisotopic (exact) mass is 421 g/mol. The van der Waals surface area contributed by atoms with Crippen LogP contribution in [0.2, 0.25) is 15.2 Å². The summed E-state index contributed by atoms with van der Waals surface area (Å²) in [4.78, 5) is 0. The van der Waals surface area contributed by atoms with Crippen LogP contribution < -0.4 is 0 Å². The quantitative estimate of drug-likeness (QED) is 0.519. The van der Waals surface area contributed by atoms with Gasteiger partial charge in [-0.05, 0) is 12.1 Å². The normalized spacial score (nSPS) is 26.3. The van der Waals surface area contributed by atoms with Gasteiger partial charge in [-0.15, -0.1) is 0 Å². The highest BCUT2D eigenvalue weighted by atomic mass is 35.5. The average molecular weight is 423 g/mol. The second-order valence-corrected chi connectivity index (χ2v) is 7.35. The predicted octanol–water partition coefficient (Wildman–Crippen LogP) is 2.11. The smallest absolute Gasteiger partial charge is 0.164 e. The summed E-state index contributed by atoms with van der Waals surface area (Å²) in [5.41, 5.74) is 1.12. The van der Waals surface area contributed by atoms with Crippen molar-refractivity contribution in [1.82, 2.24) is 9.58 Å². The number of hydrogen-bond acceptors (Lipinski definition) is 6. The first-order chi connectivity index (χ1) is 12.3. The standard InChI is InChI=1S/C16H18Cl3N3O4/c1-21(2)20-5-8-7-3-9(17)10(18)4-11(7)22(15(8)19)16-14(25)13(24)12(6-23)26-16/h3-5,12-14,16,23-25H,6H2,1-2H3. The zero-order chi connectivity index (χ0) is 19.2. The molecule has 4 atom stereocenters. The van der Waals surface area contributed by atoms with Crippen molar-refractivity contribution < 1.29 is 20.1 Å². The Bertz CT molecular complexity index is 855. The number of benzene rings is 1. The molecule has 1 aromatic heterocycles. The molecule has 0 radical (unpaired) electrons. The molecule has 3 rings (SSSR count). The molecule has 3 N–H and O–H groups in total. The Labute approximate surface area is 164 Å². The minimum absolute atomic E-state index is 0.235. The van der Waals surface area contributed by atoms with E-state index in [1.165, 1.54) is 4.57 Å². The fourth-order valence-electron chi connectivity index (χ4n) is 2.94. The molecule has 0 saturated carbocycles. The van der Waals surface area contributed by atoms with Crippen LogP contribution in [0.15, 0.2) is 17.2 Å². The molecule has 26 heavy (non-hydrogen) atoms. The summed E-state index contributed by atoms with van der Waals surface area (Å²) in [6.07, 6.45) is -2.90. The molecule has 1 aromatic carbocycles. The number of hydrogen-bond donors (Lipinski definition) is 3. The number of aromatic nitrogens is 1. The molecule has 1 aliphatic heterocycles. The van der Waals surface area contributed by atoms with E-state index in [1.807, 2.05) is 0 Å². The van der Waals surface area contributed by atoms with Crippen molar-refractivity contribution in [2.45, 2.75) is 24.5 Å². The zero-order valence-electron chi connectivity index (χ0n) is 14.0. The number of ether oxygens (including phenoxy) is 1. The van der Waals surface area contributed by atoms with Crippen LogP contribution in [-0.4, -0.2) is 70.1 Å². The van der Waals surface area contributed by atoms with Crippen molar-refractivity contribution >= 4 is 51.9 Å². The highest BCUT2D eigenvalue weighted by Gasteiger charge is 2.44. The molecule has 1 saturated heterocycles. The third-order valence-corrected chi connectivity index (χ3v) is 5.32. The Hall–Kier alpha value is -1.06. The Morgan fingerprint density at radius 2 is 1.85 bits per heavy atom. The maximum atomic E-state index is 10.4. The van der Waals surface area contributed by atoms with E-state index in [4.69, 9.17) is 39.5 Å². The van der Waals surface area contributed by atoms with Crippen molar-refractivity contribution in [1.29, 1.82) is 0 Å². The topological polar surface area (TPSA) is 90.5 Å². The van der Waals surface area contributed by atoms with Crippen molar-refractivity contribution in [3.63, 3.8) is 0 Å². The van der Waals surface area contributed by atoms with Crippen LogP contribution in [0.5, 0.6) is 0 Å². The van der Waals surface area contributed by atoms with Gasteiger partial charge in [0.05, 0.1) is 28.4 Å². The maximum absolute atomic E-state index is 10.4. The summed E-state index contributed by atoms with van der Waals surface area (Å²) in [6, 6.07) is 3.26. The predicted molar refractivity (Wildman–Crippen MR) is 101 cm³/mol. The number of fused-ring (bicyclic) bond motifs is 1. The number of aliphatic hydroxyl groups excluding tert-OH is 3. The number of nitrogens with zero attached hydrogens (tertiary/aromatic N) is 3. The van der Waals surface area contributed by atoms with Gasteiger partial charge in [0.25, 0.3) is 0 Å². The number of halogens is 3. The molecule has 7 nitrogen and oxygen atoms in total. The molecule has 0 bridgehead atoms. The van der Waals surface area contributed by atoms with Crippen LogP contribution >= 0.6 is 34.8 Å². The lowest BCUT2D eigenvalue weighted by Gasteiger charge is -2.19. The first kappa shape index (κ1) is 19.7. The lowest BCUT2D eigenvalue weighted by atomic mass is 10.1. The fraction of sp³-hybridized carbons (Fsp3) is 0.438. The lowest BCUT2D eigenvalue weighted by molar-refractivity contribution is -0.0505. The minimum atomic E-state index is -1.28. The van der Waals surface area contributed by atoms with Gasteiger partial charge in [0.1, 0.15) is 23.5 Å². The summed E-state index contributed by atoms with van der Waals surface area (Å²) in [6.45, 7) is -0.437. The molecule has 0 spiro atoms. The molecule has 2 heterocycles. The minimum Gasteiger partial charge on any atom is -0.394 e. The second kappa shape index (κ2) is 7.52. The van der Waals surface area contributed by atoms with Gasteiger partial charge in [-0.2, -0.15) is 5.10 Å². The average Bonchev–Trinajstić information content (AvgIpc) is 3.00. The van der Waals surface area contributed by atoms with E-state index < -0.39 is 31.1 Å². The molecule has 1 fully saturated rings. The summed E-state index contributed by atoms with van der Waals surface area (Å²) >= 11 is 18.9. The van der Waals surface area contributed by atoms with E-state index in [1.54, 1.807) is 37.5 Å². The fourth-order valence-corrected chi connectivity index (χ4v) is 3.60. The van der Waals surface area contributed by atoms with Crippen LogP contribution in [-0.2, 0) is 4.74 Å². The maximum Gasteiger partial charge on any atom is 0.164 e. The molecule has 142 valence electrons. The first-order valence-corrected chi connectivity index (χ1v) is 8.91. The van der Waals surface area contributed by atoms with Crippen LogP contribution in [0, 0.1) is 0 Å². The molecule has 1 aliphatic rings. The van der Waals surface area contributed by atoms with E-state index in [-0.39, 0.29) is 5.15 Å². The lowest BCUT2D eigenvalue weighted by Crippen LogP contribution is -2.33. The second-order valence-electron chi connectivity index (χ2n) is 6.18. The highest BCUT2D eigenvalue weighted by Crippen LogP contribution is 2.40. The van der Waals surface area contributed by atoms with Gasteiger partial charge in [0.2, 0.25) is 0 Å². The Morgan fingerprint density at radius 3 is 2.42 bits per heavy atom.